The largest absolute Gasteiger partial charge is 0.493 e. The Bertz CT molecular complexity index is 830. The highest BCUT2D eigenvalue weighted by atomic mass is 16.5. The quantitative estimate of drug-likeness (QED) is 0.314. The molecule has 5 heteroatoms. The molecular formula is C27H45N3O2. The molecule has 0 spiro atoms. The summed E-state index contributed by atoms with van der Waals surface area (Å²) in [6.45, 7) is 12.4. The predicted molar refractivity (Wildman–Crippen MR) is 137 cm³/mol. The molecule has 1 aromatic carbocycles. The number of pyridine rings is 1. The van der Waals surface area contributed by atoms with Gasteiger partial charge in [-0.15, -0.1) is 0 Å². The van der Waals surface area contributed by atoms with Crippen molar-refractivity contribution in [1.29, 1.82) is 0 Å². The van der Waals surface area contributed by atoms with Crippen molar-refractivity contribution in [3.05, 3.63) is 23.9 Å². The summed E-state index contributed by atoms with van der Waals surface area (Å²) in [5.41, 5.74) is 8.67. The summed E-state index contributed by atoms with van der Waals surface area (Å²) >= 11 is 0. The molecule has 0 fully saturated rings. The van der Waals surface area contributed by atoms with Gasteiger partial charge >= 0.3 is 0 Å². The Balaban J connectivity index is 2.33. The Morgan fingerprint density at radius 1 is 1.06 bits per heavy atom. The second-order valence-corrected chi connectivity index (χ2v) is 9.89. The van der Waals surface area contributed by atoms with Gasteiger partial charge in [0.05, 0.1) is 24.9 Å². The van der Waals surface area contributed by atoms with Crippen LogP contribution < -0.4 is 20.5 Å². The SMILES string of the molecule is CCCCCCCCOc1c(OC)cc(NC(C)CCCN)c2nc(C(C)(C)C)ccc12. The van der Waals surface area contributed by atoms with Gasteiger partial charge in [-0.3, -0.25) is 0 Å². The number of benzene rings is 1. The molecule has 1 atom stereocenters. The van der Waals surface area contributed by atoms with E-state index in [4.69, 9.17) is 20.2 Å². The second kappa shape index (κ2) is 12.9. The van der Waals surface area contributed by atoms with E-state index in [1.165, 1.54) is 32.1 Å². The van der Waals surface area contributed by atoms with Crippen molar-refractivity contribution in [2.75, 3.05) is 25.6 Å². The number of unbranched alkanes of at least 4 members (excludes halogenated alkanes) is 5. The molecule has 0 bridgehead atoms. The summed E-state index contributed by atoms with van der Waals surface area (Å²) in [6.07, 6.45) is 9.43. The van der Waals surface area contributed by atoms with Crippen LogP contribution in [0.4, 0.5) is 5.69 Å². The minimum Gasteiger partial charge on any atom is -0.493 e. The molecular weight excluding hydrogens is 398 g/mol. The first kappa shape index (κ1) is 26.2. The highest BCUT2D eigenvalue weighted by Crippen LogP contribution is 2.41. The first-order valence-electron chi connectivity index (χ1n) is 12.4. The van der Waals surface area contributed by atoms with Crippen molar-refractivity contribution in [1.82, 2.24) is 4.98 Å². The number of anilines is 1. The number of aromatic nitrogens is 1. The topological polar surface area (TPSA) is 69.4 Å². The number of hydrogen-bond donors (Lipinski definition) is 2. The van der Waals surface area contributed by atoms with Crippen molar-refractivity contribution in [3.8, 4) is 11.5 Å². The monoisotopic (exact) mass is 443 g/mol. The van der Waals surface area contributed by atoms with Crippen molar-refractivity contribution < 1.29 is 9.47 Å². The van der Waals surface area contributed by atoms with Crippen molar-refractivity contribution in [2.45, 2.75) is 97.4 Å². The number of hydrogen-bond acceptors (Lipinski definition) is 5. The summed E-state index contributed by atoms with van der Waals surface area (Å²) in [5, 5.41) is 4.64. The fourth-order valence-electron chi connectivity index (χ4n) is 3.89. The molecule has 1 unspecified atom stereocenters. The normalized spacial score (nSPS) is 12.7. The van der Waals surface area contributed by atoms with Crippen LogP contribution in [-0.2, 0) is 5.41 Å². The van der Waals surface area contributed by atoms with E-state index in [1.807, 2.05) is 6.07 Å². The molecule has 0 amide bonds. The predicted octanol–water partition coefficient (Wildman–Crippen LogP) is 6.82. The molecule has 2 rings (SSSR count). The molecule has 0 saturated heterocycles. The Labute approximate surface area is 195 Å². The minimum absolute atomic E-state index is 0.0317. The van der Waals surface area contributed by atoms with Gasteiger partial charge in [0, 0.05) is 28.6 Å². The number of nitrogens with one attached hydrogen (secondary N) is 1. The van der Waals surface area contributed by atoms with E-state index in [2.05, 4.69) is 52.1 Å². The minimum atomic E-state index is -0.0317. The van der Waals surface area contributed by atoms with E-state index >= 15 is 0 Å². The van der Waals surface area contributed by atoms with E-state index in [-0.39, 0.29) is 5.41 Å². The lowest BCUT2D eigenvalue weighted by atomic mass is 9.91. The van der Waals surface area contributed by atoms with E-state index in [0.717, 1.165) is 53.0 Å². The molecule has 5 nitrogen and oxygen atoms in total. The Kier molecular flexibility index (Phi) is 10.6. The zero-order valence-electron chi connectivity index (χ0n) is 21.2. The second-order valence-electron chi connectivity index (χ2n) is 9.89. The van der Waals surface area contributed by atoms with Gasteiger partial charge in [-0.2, -0.15) is 0 Å². The van der Waals surface area contributed by atoms with E-state index < -0.39 is 0 Å². The van der Waals surface area contributed by atoms with Gasteiger partial charge in [-0.05, 0) is 44.9 Å². The van der Waals surface area contributed by atoms with Crippen molar-refractivity contribution in [2.24, 2.45) is 5.73 Å². The molecule has 0 aliphatic rings. The van der Waals surface area contributed by atoms with Gasteiger partial charge < -0.3 is 20.5 Å². The molecule has 1 heterocycles. The molecule has 0 radical (unpaired) electrons. The zero-order valence-corrected chi connectivity index (χ0v) is 21.2. The van der Waals surface area contributed by atoms with E-state index in [9.17, 15) is 0 Å². The van der Waals surface area contributed by atoms with Crippen LogP contribution in [-0.4, -0.2) is 31.3 Å². The van der Waals surface area contributed by atoms with Crippen LogP contribution in [0, 0.1) is 0 Å². The number of fused-ring (bicyclic) bond motifs is 1. The first-order valence-corrected chi connectivity index (χ1v) is 12.4. The number of nitrogens with two attached hydrogens (primary N) is 1. The molecule has 2 aromatic rings. The van der Waals surface area contributed by atoms with Crippen molar-refractivity contribution in [3.63, 3.8) is 0 Å². The Morgan fingerprint density at radius 2 is 1.78 bits per heavy atom. The van der Waals surface area contributed by atoms with Gasteiger partial charge in [-0.25, -0.2) is 4.98 Å². The lowest BCUT2D eigenvalue weighted by Crippen LogP contribution is -2.18. The Morgan fingerprint density at radius 3 is 2.44 bits per heavy atom. The fourth-order valence-corrected chi connectivity index (χ4v) is 3.89. The van der Waals surface area contributed by atoms with Gasteiger partial charge in [0.15, 0.2) is 11.5 Å². The van der Waals surface area contributed by atoms with Gasteiger partial charge in [-0.1, -0.05) is 59.8 Å². The summed E-state index contributed by atoms with van der Waals surface area (Å²) in [4.78, 5) is 5.07. The smallest absolute Gasteiger partial charge is 0.170 e. The average Bonchev–Trinajstić information content (AvgIpc) is 2.76. The maximum Gasteiger partial charge on any atom is 0.170 e. The number of rotatable bonds is 14. The molecule has 32 heavy (non-hydrogen) atoms. The van der Waals surface area contributed by atoms with Crippen LogP contribution >= 0.6 is 0 Å². The third kappa shape index (κ3) is 7.54. The lowest BCUT2D eigenvalue weighted by molar-refractivity contribution is 0.288. The van der Waals surface area contributed by atoms with Gasteiger partial charge in [0.25, 0.3) is 0 Å². The first-order chi connectivity index (χ1) is 15.3. The Hall–Kier alpha value is -2.01. The van der Waals surface area contributed by atoms with Crippen LogP contribution in [0.2, 0.25) is 0 Å². The van der Waals surface area contributed by atoms with Gasteiger partial charge in [0.2, 0.25) is 0 Å². The van der Waals surface area contributed by atoms with Crippen LogP contribution in [0.5, 0.6) is 11.5 Å². The number of nitrogens with zero attached hydrogens (tertiary/aromatic N) is 1. The summed E-state index contributed by atoms with van der Waals surface area (Å²) in [5.74, 6) is 1.55. The molecule has 0 aliphatic carbocycles. The van der Waals surface area contributed by atoms with E-state index in [0.29, 0.717) is 19.2 Å². The maximum absolute atomic E-state index is 6.29. The number of ether oxygens (including phenoxy) is 2. The van der Waals surface area contributed by atoms with Crippen LogP contribution in [0.3, 0.4) is 0 Å². The third-order valence-corrected chi connectivity index (χ3v) is 5.87. The number of methoxy groups -OCH3 is 1. The third-order valence-electron chi connectivity index (χ3n) is 5.87. The van der Waals surface area contributed by atoms with Crippen LogP contribution in [0.25, 0.3) is 10.9 Å². The molecule has 180 valence electrons. The van der Waals surface area contributed by atoms with Crippen molar-refractivity contribution >= 4 is 16.6 Å². The van der Waals surface area contributed by atoms with Crippen LogP contribution in [0.15, 0.2) is 18.2 Å². The summed E-state index contributed by atoms with van der Waals surface area (Å²) in [7, 11) is 1.71. The van der Waals surface area contributed by atoms with E-state index in [1.54, 1.807) is 7.11 Å². The standard InChI is InChI=1S/C27H45N3O2/c1-7-8-9-10-11-12-18-32-26-21-15-16-24(27(3,4)5)30-25(21)22(19-23(26)31-6)29-20(2)14-13-17-28/h15-16,19-20,29H,7-14,17-18,28H2,1-6H3. The molecule has 0 saturated carbocycles. The van der Waals surface area contributed by atoms with Gasteiger partial charge in [0.1, 0.15) is 0 Å². The zero-order chi connectivity index (χ0) is 23.6. The molecule has 3 N–H and O–H groups in total. The highest BCUT2D eigenvalue weighted by Gasteiger charge is 2.21. The molecule has 0 aliphatic heterocycles. The highest BCUT2D eigenvalue weighted by molar-refractivity contribution is 5.97. The molecule has 1 aromatic heterocycles. The summed E-state index contributed by atoms with van der Waals surface area (Å²) < 4.78 is 12.0. The lowest BCUT2D eigenvalue weighted by Gasteiger charge is -2.23. The van der Waals surface area contributed by atoms with Crippen LogP contribution in [0.1, 0.15) is 91.7 Å². The fraction of sp³-hybridized carbons (Fsp3) is 0.667. The summed E-state index contributed by atoms with van der Waals surface area (Å²) in [6, 6.07) is 6.58. The maximum atomic E-state index is 6.29. The average molecular weight is 444 g/mol.